The highest BCUT2D eigenvalue weighted by molar-refractivity contribution is 9.09. The zero-order chi connectivity index (χ0) is 9.68. The van der Waals surface area contributed by atoms with Crippen LogP contribution in [0.15, 0.2) is 0 Å². The lowest BCUT2D eigenvalue weighted by atomic mass is 10.1. The van der Waals surface area contributed by atoms with E-state index in [1.807, 2.05) is 11.9 Å². The van der Waals surface area contributed by atoms with E-state index in [0.717, 1.165) is 17.8 Å². The summed E-state index contributed by atoms with van der Waals surface area (Å²) in [7, 11) is 1.92. The van der Waals surface area contributed by atoms with Crippen LogP contribution in [0, 0.1) is 5.92 Å². The monoisotopic (exact) mass is 247 g/mol. The molecule has 2 nitrogen and oxygen atoms in total. The summed E-state index contributed by atoms with van der Waals surface area (Å²) in [5, 5.41) is 0.779. The molecule has 0 unspecified atom stereocenters. The van der Waals surface area contributed by atoms with Crippen molar-refractivity contribution >= 4 is 21.8 Å². The van der Waals surface area contributed by atoms with Crippen LogP contribution in [0.25, 0.3) is 0 Å². The molecule has 0 aromatic heterocycles. The Hall–Kier alpha value is -0.0500. The summed E-state index contributed by atoms with van der Waals surface area (Å²) in [5.41, 5.74) is 0. The van der Waals surface area contributed by atoms with Gasteiger partial charge in [-0.2, -0.15) is 0 Å². The predicted octanol–water partition coefficient (Wildman–Crippen LogP) is 2.42. The van der Waals surface area contributed by atoms with Gasteiger partial charge in [-0.25, -0.2) is 0 Å². The van der Waals surface area contributed by atoms with E-state index < -0.39 is 0 Å². The molecule has 0 aromatic rings. The maximum atomic E-state index is 11.4. The van der Waals surface area contributed by atoms with Gasteiger partial charge in [-0.15, -0.1) is 0 Å². The van der Waals surface area contributed by atoms with Gasteiger partial charge in [-0.3, -0.25) is 4.79 Å². The van der Waals surface area contributed by atoms with Crippen LogP contribution < -0.4 is 0 Å². The molecular weight excluding hydrogens is 230 g/mol. The predicted molar refractivity (Wildman–Crippen MR) is 58.0 cm³/mol. The number of carbonyl (C=O) groups is 1. The van der Waals surface area contributed by atoms with Crippen molar-refractivity contribution in [2.45, 2.75) is 32.1 Å². The largest absolute Gasteiger partial charge is 0.345 e. The van der Waals surface area contributed by atoms with Crippen molar-refractivity contribution in [3.63, 3.8) is 0 Å². The van der Waals surface area contributed by atoms with Gasteiger partial charge in [0.05, 0.1) is 0 Å². The minimum Gasteiger partial charge on any atom is -0.345 e. The number of carbonyl (C=O) groups excluding carboxylic acids is 1. The number of hydrogen-bond acceptors (Lipinski definition) is 1. The maximum absolute atomic E-state index is 11.4. The molecule has 13 heavy (non-hydrogen) atoms. The second-order valence-corrected chi connectivity index (χ2v) is 4.66. The highest BCUT2D eigenvalue weighted by atomic mass is 79.9. The third-order valence-electron chi connectivity index (χ3n) is 2.74. The fraction of sp³-hybridized carbons (Fsp3) is 0.900. The third kappa shape index (κ3) is 3.67. The van der Waals surface area contributed by atoms with Crippen molar-refractivity contribution < 1.29 is 4.79 Å². The third-order valence-corrected chi connectivity index (χ3v) is 3.14. The van der Waals surface area contributed by atoms with Gasteiger partial charge in [0.15, 0.2) is 0 Å². The Morgan fingerprint density at radius 3 is 2.62 bits per heavy atom. The Kier molecular flexibility index (Phi) is 4.78. The summed E-state index contributed by atoms with van der Waals surface area (Å²) in [4.78, 5) is 13.3. The number of rotatable bonds is 4. The summed E-state index contributed by atoms with van der Waals surface area (Å²) in [6, 6.07) is 0. The average molecular weight is 248 g/mol. The van der Waals surface area contributed by atoms with Crippen LogP contribution in [0.3, 0.4) is 0 Å². The molecule has 0 spiro atoms. The molecule has 0 aromatic carbocycles. The Balaban J connectivity index is 2.22. The Bertz CT molecular complexity index is 166. The standard InChI is InChI=1S/C10H18BrNO/c1-12(10(13)6-7-11)8-9-4-2-3-5-9/h9H,2-8H2,1H3. The molecule has 0 N–H and O–H groups in total. The van der Waals surface area contributed by atoms with E-state index in [4.69, 9.17) is 0 Å². The smallest absolute Gasteiger partial charge is 0.223 e. The molecule has 0 atom stereocenters. The van der Waals surface area contributed by atoms with E-state index in [1.165, 1.54) is 25.7 Å². The molecule has 0 saturated heterocycles. The number of alkyl halides is 1. The summed E-state index contributed by atoms with van der Waals surface area (Å²) < 4.78 is 0. The SMILES string of the molecule is CN(CC1CCCC1)C(=O)CCBr. The highest BCUT2D eigenvalue weighted by Gasteiger charge is 2.18. The molecule has 1 amide bonds. The van der Waals surface area contributed by atoms with Crippen LogP contribution in [0.5, 0.6) is 0 Å². The molecule has 76 valence electrons. The molecule has 1 fully saturated rings. The van der Waals surface area contributed by atoms with Gasteiger partial charge in [0.1, 0.15) is 0 Å². The van der Waals surface area contributed by atoms with Gasteiger partial charge in [0, 0.05) is 25.3 Å². The van der Waals surface area contributed by atoms with Crippen molar-refractivity contribution in [1.29, 1.82) is 0 Å². The van der Waals surface area contributed by atoms with Crippen LogP contribution in [0.2, 0.25) is 0 Å². The van der Waals surface area contributed by atoms with Gasteiger partial charge in [-0.1, -0.05) is 28.8 Å². The molecule has 0 aliphatic heterocycles. The van der Waals surface area contributed by atoms with Crippen LogP contribution >= 0.6 is 15.9 Å². The number of amides is 1. The van der Waals surface area contributed by atoms with E-state index in [9.17, 15) is 4.79 Å². The molecule has 0 bridgehead atoms. The quantitative estimate of drug-likeness (QED) is 0.699. The number of nitrogens with zero attached hydrogens (tertiary/aromatic N) is 1. The Labute approximate surface area is 88.8 Å². The lowest BCUT2D eigenvalue weighted by Gasteiger charge is -2.20. The van der Waals surface area contributed by atoms with Crippen LogP contribution in [0.1, 0.15) is 32.1 Å². The molecule has 1 aliphatic carbocycles. The first-order chi connectivity index (χ1) is 6.24. The van der Waals surface area contributed by atoms with E-state index >= 15 is 0 Å². The van der Waals surface area contributed by atoms with Crippen molar-refractivity contribution in [2.24, 2.45) is 5.92 Å². The normalized spacial score (nSPS) is 17.7. The Morgan fingerprint density at radius 2 is 2.08 bits per heavy atom. The summed E-state index contributed by atoms with van der Waals surface area (Å²) in [6.45, 7) is 0.964. The minimum absolute atomic E-state index is 0.267. The zero-order valence-electron chi connectivity index (χ0n) is 8.26. The molecule has 1 saturated carbocycles. The molecule has 3 heteroatoms. The van der Waals surface area contributed by atoms with E-state index in [-0.39, 0.29) is 5.91 Å². The van der Waals surface area contributed by atoms with Crippen LogP contribution in [-0.2, 0) is 4.79 Å². The number of hydrogen-bond donors (Lipinski definition) is 0. The number of halogens is 1. The Morgan fingerprint density at radius 1 is 1.46 bits per heavy atom. The molecule has 1 aliphatic rings. The lowest BCUT2D eigenvalue weighted by molar-refractivity contribution is -0.129. The fourth-order valence-corrected chi connectivity index (χ4v) is 2.29. The minimum atomic E-state index is 0.267. The first kappa shape index (κ1) is 11.0. The average Bonchev–Trinajstić information content (AvgIpc) is 2.57. The topological polar surface area (TPSA) is 20.3 Å². The van der Waals surface area contributed by atoms with Gasteiger partial charge in [-0.05, 0) is 18.8 Å². The zero-order valence-corrected chi connectivity index (χ0v) is 9.85. The molecule has 0 radical (unpaired) electrons. The van der Waals surface area contributed by atoms with Crippen molar-refractivity contribution in [3.8, 4) is 0 Å². The first-order valence-corrected chi connectivity index (χ1v) is 6.16. The van der Waals surface area contributed by atoms with Crippen molar-refractivity contribution in [3.05, 3.63) is 0 Å². The lowest BCUT2D eigenvalue weighted by Crippen LogP contribution is -2.31. The van der Waals surface area contributed by atoms with Gasteiger partial charge in [0.2, 0.25) is 5.91 Å². The molecule has 0 heterocycles. The molecular formula is C10H18BrNO. The second-order valence-electron chi connectivity index (χ2n) is 3.86. The van der Waals surface area contributed by atoms with Crippen molar-refractivity contribution in [2.75, 3.05) is 18.9 Å². The second kappa shape index (κ2) is 5.63. The van der Waals surface area contributed by atoms with Gasteiger partial charge in [0.25, 0.3) is 0 Å². The summed E-state index contributed by atoms with van der Waals surface area (Å²) >= 11 is 3.28. The first-order valence-electron chi connectivity index (χ1n) is 5.04. The van der Waals surface area contributed by atoms with Gasteiger partial charge >= 0.3 is 0 Å². The fourth-order valence-electron chi connectivity index (χ4n) is 1.95. The van der Waals surface area contributed by atoms with Gasteiger partial charge < -0.3 is 4.90 Å². The van der Waals surface area contributed by atoms with E-state index in [2.05, 4.69) is 15.9 Å². The maximum Gasteiger partial charge on any atom is 0.223 e. The van der Waals surface area contributed by atoms with Crippen LogP contribution in [0.4, 0.5) is 0 Å². The van der Waals surface area contributed by atoms with E-state index in [1.54, 1.807) is 0 Å². The van der Waals surface area contributed by atoms with E-state index in [0.29, 0.717) is 6.42 Å². The molecule has 1 rings (SSSR count). The summed E-state index contributed by atoms with van der Waals surface area (Å²) in [5.74, 6) is 1.04. The van der Waals surface area contributed by atoms with Crippen molar-refractivity contribution in [1.82, 2.24) is 4.90 Å². The van der Waals surface area contributed by atoms with Crippen LogP contribution in [-0.4, -0.2) is 29.7 Å². The highest BCUT2D eigenvalue weighted by Crippen LogP contribution is 2.25. The summed E-state index contributed by atoms with van der Waals surface area (Å²) in [6.07, 6.45) is 5.96.